The van der Waals surface area contributed by atoms with E-state index in [-0.39, 0.29) is 0 Å². The molecule has 1 aromatic heterocycles. The summed E-state index contributed by atoms with van der Waals surface area (Å²) in [6.45, 7) is 0. The molecule has 0 saturated carbocycles. The summed E-state index contributed by atoms with van der Waals surface area (Å²) in [7, 11) is 0. The van der Waals surface area contributed by atoms with Crippen molar-refractivity contribution in [2.24, 2.45) is 0 Å². The molecule has 71 valence electrons. The molecule has 2 heteroatoms. The van der Waals surface area contributed by atoms with Crippen LogP contribution in [0.2, 0.25) is 0 Å². The third-order valence-corrected chi connectivity index (χ3v) is 2.36. The highest BCUT2D eigenvalue weighted by molar-refractivity contribution is 5.91. The van der Waals surface area contributed by atoms with E-state index in [0.29, 0.717) is 0 Å². The third-order valence-electron chi connectivity index (χ3n) is 2.36. The van der Waals surface area contributed by atoms with Crippen LogP contribution in [0.1, 0.15) is 0 Å². The first-order valence-electron chi connectivity index (χ1n) is 4.76. The summed E-state index contributed by atoms with van der Waals surface area (Å²) in [5.41, 5.74) is 2.73. The normalized spacial score (nSPS) is 10.7. The molecule has 0 saturated heterocycles. The van der Waals surface area contributed by atoms with Crippen LogP contribution < -0.4 is 0 Å². The average molecular weight is 194 g/mol. The number of rotatable bonds is 1. The lowest BCUT2D eigenvalue weighted by Crippen LogP contribution is -1.76. The fraction of sp³-hybridized carbons (Fsp3) is 0. The van der Waals surface area contributed by atoms with E-state index in [4.69, 9.17) is 4.52 Å². The quantitative estimate of drug-likeness (QED) is 0.594. The molecule has 0 amide bonds. The Kier molecular flexibility index (Phi) is 1.78. The van der Waals surface area contributed by atoms with E-state index >= 15 is 0 Å². The van der Waals surface area contributed by atoms with Crippen molar-refractivity contribution < 1.29 is 4.52 Å². The van der Waals surface area contributed by atoms with Crippen LogP contribution in [0.3, 0.4) is 0 Å². The maximum absolute atomic E-state index is 5.22. The number of aromatic nitrogens is 1. The Morgan fingerprint density at radius 2 is 1.93 bits per heavy atom. The molecule has 2 aromatic carbocycles. The van der Waals surface area contributed by atoms with Crippen LogP contribution in [0.4, 0.5) is 0 Å². The number of fused-ring (bicyclic) bond motifs is 1. The monoisotopic (exact) mass is 194 g/mol. The second-order valence-electron chi connectivity index (χ2n) is 3.32. The van der Waals surface area contributed by atoms with Crippen molar-refractivity contribution in [1.82, 2.24) is 5.16 Å². The number of nitrogens with zero attached hydrogens (tertiary/aromatic N) is 1. The number of hydrogen-bond donors (Lipinski definition) is 0. The summed E-state index contributed by atoms with van der Waals surface area (Å²) in [6.07, 6.45) is 0. The Hall–Kier alpha value is -2.09. The van der Waals surface area contributed by atoms with Gasteiger partial charge in [0.2, 0.25) is 0 Å². The summed E-state index contributed by atoms with van der Waals surface area (Å²) < 4.78 is 5.22. The van der Waals surface area contributed by atoms with Crippen molar-refractivity contribution in [2.75, 3.05) is 0 Å². The summed E-state index contributed by atoms with van der Waals surface area (Å²) in [6, 6.07) is 18.6. The Morgan fingerprint density at radius 1 is 1.07 bits per heavy atom. The summed E-state index contributed by atoms with van der Waals surface area (Å²) >= 11 is 0. The first-order valence-corrected chi connectivity index (χ1v) is 4.76. The van der Waals surface area contributed by atoms with Crippen molar-refractivity contribution in [1.29, 1.82) is 0 Å². The van der Waals surface area contributed by atoms with Crippen LogP contribution in [-0.2, 0) is 0 Å². The van der Waals surface area contributed by atoms with Gasteiger partial charge in [0.1, 0.15) is 5.69 Å². The molecule has 0 N–H and O–H groups in total. The van der Waals surface area contributed by atoms with Crippen LogP contribution in [0, 0.1) is 6.07 Å². The van der Waals surface area contributed by atoms with E-state index in [0.717, 1.165) is 22.2 Å². The van der Waals surface area contributed by atoms with Crippen molar-refractivity contribution in [2.45, 2.75) is 0 Å². The van der Waals surface area contributed by atoms with Gasteiger partial charge in [0.15, 0.2) is 5.58 Å². The maximum atomic E-state index is 5.22. The van der Waals surface area contributed by atoms with Gasteiger partial charge in [0.25, 0.3) is 0 Å². The van der Waals surface area contributed by atoms with Crippen LogP contribution in [-0.4, -0.2) is 5.16 Å². The lowest BCUT2D eigenvalue weighted by atomic mass is 10.1. The zero-order valence-electron chi connectivity index (χ0n) is 7.97. The standard InChI is InChI=1S/C13H8NO/c1-2-6-10(7-3-1)13-11-8-4-5-9-12(11)15-14-13/h1-4,6-9H. The summed E-state index contributed by atoms with van der Waals surface area (Å²) in [5.74, 6) is 0. The molecular formula is C13H8NO. The number of hydrogen-bond acceptors (Lipinski definition) is 2. The van der Waals surface area contributed by atoms with Crippen LogP contribution in [0.15, 0.2) is 53.1 Å². The van der Waals surface area contributed by atoms with Gasteiger partial charge in [-0.05, 0) is 18.2 Å². The molecule has 1 radical (unpaired) electrons. The van der Waals surface area contributed by atoms with Gasteiger partial charge in [-0.1, -0.05) is 41.6 Å². The van der Waals surface area contributed by atoms with E-state index in [1.165, 1.54) is 0 Å². The largest absolute Gasteiger partial charge is 0.356 e. The highest BCUT2D eigenvalue weighted by Gasteiger charge is 2.08. The van der Waals surface area contributed by atoms with Crippen LogP contribution in [0.5, 0.6) is 0 Å². The molecule has 1 heterocycles. The van der Waals surface area contributed by atoms with Gasteiger partial charge in [0.05, 0.1) is 0 Å². The van der Waals surface area contributed by atoms with Crippen molar-refractivity contribution in [3.63, 3.8) is 0 Å². The predicted octanol–water partition coefficient (Wildman–Crippen LogP) is 3.29. The van der Waals surface area contributed by atoms with Crippen molar-refractivity contribution >= 4 is 11.0 Å². The lowest BCUT2D eigenvalue weighted by molar-refractivity contribution is 0.459. The molecule has 2 nitrogen and oxygen atoms in total. The average Bonchev–Trinajstić information content (AvgIpc) is 2.74. The highest BCUT2D eigenvalue weighted by Crippen LogP contribution is 2.26. The van der Waals surface area contributed by atoms with E-state index in [2.05, 4.69) is 11.2 Å². The zero-order chi connectivity index (χ0) is 10.1. The highest BCUT2D eigenvalue weighted by atomic mass is 16.5. The molecule has 15 heavy (non-hydrogen) atoms. The van der Waals surface area contributed by atoms with Crippen molar-refractivity contribution in [3.05, 3.63) is 54.6 Å². The minimum absolute atomic E-state index is 0.774. The van der Waals surface area contributed by atoms with Gasteiger partial charge < -0.3 is 4.52 Å². The van der Waals surface area contributed by atoms with Gasteiger partial charge in [-0.15, -0.1) is 0 Å². The predicted molar refractivity (Wildman–Crippen MR) is 58.3 cm³/mol. The molecular weight excluding hydrogens is 186 g/mol. The molecule has 3 aromatic rings. The molecule has 0 aliphatic rings. The van der Waals surface area contributed by atoms with Gasteiger partial charge in [-0.2, -0.15) is 0 Å². The molecule has 0 unspecified atom stereocenters. The topological polar surface area (TPSA) is 26.0 Å². The second kappa shape index (κ2) is 3.24. The van der Waals surface area contributed by atoms with Gasteiger partial charge in [-0.3, -0.25) is 0 Å². The lowest BCUT2D eigenvalue weighted by Gasteiger charge is -1.94. The molecule has 0 aliphatic carbocycles. The molecule has 0 spiro atoms. The van der Waals surface area contributed by atoms with E-state index in [1.807, 2.05) is 42.5 Å². The Morgan fingerprint density at radius 3 is 2.80 bits per heavy atom. The third kappa shape index (κ3) is 1.31. The smallest absolute Gasteiger partial charge is 0.168 e. The van der Waals surface area contributed by atoms with Gasteiger partial charge in [0, 0.05) is 10.9 Å². The van der Waals surface area contributed by atoms with E-state index < -0.39 is 0 Å². The molecule has 0 aliphatic heterocycles. The van der Waals surface area contributed by atoms with Gasteiger partial charge in [-0.25, -0.2) is 0 Å². The maximum Gasteiger partial charge on any atom is 0.168 e. The Labute approximate surface area is 87.1 Å². The fourth-order valence-corrected chi connectivity index (χ4v) is 1.63. The molecule has 3 rings (SSSR count). The second-order valence-corrected chi connectivity index (χ2v) is 3.32. The van der Waals surface area contributed by atoms with Gasteiger partial charge >= 0.3 is 0 Å². The first-order chi connectivity index (χ1) is 7.45. The zero-order valence-corrected chi connectivity index (χ0v) is 7.97. The van der Waals surface area contributed by atoms with Crippen LogP contribution >= 0.6 is 0 Å². The molecule has 0 fully saturated rings. The molecule has 0 atom stereocenters. The Bertz CT molecular complexity index is 584. The minimum Gasteiger partial charge on any atom is -0.356 e. The minimum atomic E-state index is 0.774. The summed E-state index contributed by atoms with van der Waals surface area (Å²) in [4.78, 5) is 0. The van der Waals surface area contributed by atoms with Crippen LogP contribution in [0.25, 0.3) is 22.2 Å². The fourth-order valence-electron chi connectivity index (χ4n) is 1.63. The summed E-state index contributed by atoms with van der Waals surface area (Å²) in [5, 5.41) is 5.10. The Balaban J connectivity index is 2.28. The SMILES string of the molecule is [c]1ccc2c(-c3ccccc3)noc2c1. The van der Waals surface area contributed by atoms with E-state index in [9.17, 15) is 0 Å². The number of benzene rings is 2. The molecule has 0 bridgehead atoms. The van der Waals surface area contributed by atoms with E-state index in [1.54, 1.807) is 6.07 Å². The first kappa shape index (κ1) is 8.24. The van der Waals surface area contributed by atoms with Crippen molar-refractivity contribution in [3.8, 4) is 11.3 Å².